The first-order chi connectivity index (χ1) is 34.2. The maximum atomic E-state index is 14.9. The summed E-state index contributed by atoms with van der Waals surface area (Å²) >= 11 is 0. The van der Waals surface area contributed by atoms with Gasteiger partial charge >= 0.3 is 0 Å². The van der Waals surface area contributed by atoms with Crippen molar-refractivity contribution in [2.75, 3.05) is 5.75 Å². The fourth-order valence-electron chi connectivity index (χ4n) is 10.3. The lowest BCUT2D eigenvalue weighted by molar-refractivity contribution is -0.140. The van der Waals surface area contributed by atoms with Crippen molar-refractivity contribution in [3.63, 3.8) is 0 Å². The zero-order valence-electron chi connectivity index (χ0n) is 40.3. The number of hydrogen-bond donors (Lipinski definition) is 2. The van der Waals surface area contributed by atoms with Crippen LogP contribution in [0.5, 0.6) is 0 Å². The summed E-state index contributed by atoms with van der Waals surface area (Å²) in [5.41, 5.74) is 8.52. The van der Waals surface area contributed by atoms with E-state index in [2.05, 4.69) is 59.2 Å². The van der Waals surface area contributed by atoms with E-state index in [4.69, 9.17) is 0 Å². The fraction of sp³-hybridized carbons (Fsp3) is 0.350. The van der Waals surface area contributed by atoms with E-state index in [-0.39, 0.29) is 49.8 Å². The average Bonchev–Trinajstić information content (AvgIpc) is 3.38. The van der Waals surface area contributed by atoms with E-state index in [9.17, 15) is 22.8 Å². The lowest BCUT2D eigenvalue weighted by Crippen LogP contribution is -2.58. The predicted octanol–water partition coefficient (Wildman–Crippen LogP) is 9.76. The summed E-state index contributed by atoms with van der Waals surface area (Å²) in [5, 5.41) is 6.67. The maximum Gasteiger partial charge on any atom is 0.243 e. The summed E-state index contributed by atoms with van der Waals surface area (Å²) in [6.07, 6.45) is 10.5. The van der Waals surface area contributed by atoms with Crippen molar-refractivity contribution < 1.29 is 22.8 Å². The highest BCUT2D eigenvalue weighted by molar-refractivity contribution is 7.89. The van der Waals surface area contributed by atoms with Gasteiger partial charge in [-0.3, -0.25) is 14.4 Å². The maximum absolute atomic E-state index is 14.9. The Hall–Kier alpha value is -6.36. The van der Waals surface area contributed by atoms with E-state index in [1.165, 1.54) is 31.5 Å². The van der Waals surface area contributed by atoms with Crippen LogP contribution >= 0.6 is 0 Å². The quantitative estimate of drug-likeness (QED) is 0.0664. The van der Waals surface area contributed by atoms with Gasteiger partial charge in [-0.2, -0.15) is 4.31 Å². The van der Waals surface area contributed by atoms with Crippen molar-refractivity contribution in [3.05, 3.63) is 214 Å². The van der Waals surface area contributed by atoms with E-state index in [1.54, 1.807) is 0 Å². The number of carbonyl (C=O) groups is 3. The van der Waals surface area contributed by atoms with Crippen LogP contribution in [0.15, 0.2) is 170 Å². The molecule has 0 radical (unpaired) electrons. The van der Waals surface area contributed by atoms with Crippen LogP contribution in [-0.2, 0) is 76.0 Å². The van der Waals surface area contributed by atoms with Crippen molar-refractivity contribution in [2.45, 2.75) is 127 Å². The molecular weight excluding hydrogens is 889 g/mol. The lowest BCUT2D eigenvalue weighted by Gasteiger charge is -2.38. The summed E-state index contributed by atoms with van der Waals surface area (Å²) in [4.78, 5) is 45.5. The number of nitrogens with one attached hydrogen (secondary N) is 2. The molecule has 2 atom stereocenters. The highest BCUT2D eigenvalue weighted by Crippen LogP contribution is 2.29. The van der Waals surface area contributed by atoms with Crippen molar-refractivity contribution in [2.24, 2.45) is 0 Å². The molecule has 10 heteroatoms. The number of carbonyl (C=O) groups excluding carboxylic acids is 3. The molecule has 0 saturated heterocycles. The third kappa shape index (κ3) is 14.1. The van der Waals surface area contributed by atoms with Crippen LogP contribution in [0.1, 0.15) is 95.9 Å². The van der Waals surface area contributed by atoms with Gasteiger partial charge in [-0.05, 0) is 128 Å². The predicted molar refractivity (Wildman–Crippen MR) is 279 cm³/mol. The van der Waals surface area contributed by atoms with Gasteiger partial charge in [0.05, 0.1) is 0 Å². The third-order valence-corrected chi connectivity index (χ3v) is 15.9. The van der Waals surface area contributed by atoms with Crippen molar-refractivity contribution >= 4 is 27.7 Å². The van der Waals surface area contributed by atoms with E-state index in [0.717, 1.165) is 99.3 Å². The van der Waals surface area contributed by atoms with Crippen LogP contribution in [0.2, 0.25) is 0 Å². The monoisotopic (exact) mass is 956 g/mol. The SMILES string of the molecule is O=C(NC(CCCc1ccccc1)CCCc1ccccc1)C1Cc2ccccc2CN1C(=O)CS(=O)(=O)N1Cc2ccccc2CC1C(=O)NC(CCCc1ccccc1)CCCc1ccccc1. The van der Waals surface area contributed by atoms with Gasteiger partial charge in [0.1, 0.15) is 17.8 Å². The third-order valence-electron chi connectivity index (χ3n) is 14.2. The Morgan fingerprint density at radius 3 is 1.17 bits per heavy atom. The molecule has 2 N–H and O–H groups in total. The Morgan fingerprint density at radius 1 is 0.443 bits per heavy atom. The molecule has 2 aliphatic heterocycles. The van der Waals surface area contributed by atoms with Gasteiger partial charge in [0, 0.05) is 31.6 Å². The first-order valence-corrected chi connectivity index (χ1v) is 27.0. The van der Waals surface area contributed by atoms with Gasteiger partial charge in [0.15, 0.2) is 0 Å². The molecule has 2 aliphatic rings. The summed E-state index contributed by atoms with van der Waals surface area (Å²) in [6.45, 7) is 0.0760. The van der Waals surface area contributed by atoms with Gasteiger partial charge in [-0.25, -0.2) is 8.42 Å². The molecule has 364 valence electrons. The summed E-state index contributed by atoms with van der Waals surface area (Å²) < 4.78 is 31.0. The molecule has 70 heavy (non-hydrogen) atoms. The molecule has 2 unspecified atom stereocenters. The van der Waals surface area contributed by atoms with Crippen LogP contribution in [0.25, 0.3) is 0 Å². The lowest BCUT2D eigenvalue weighted by atomic mass is 9.92. The molecule has 9 nitrogen and oxygen atoms in total. The summed E-state index contributed by atoms with van der Waals surface area (Å²) in [5.74, 6) is -2.15. The highest BCUT2D eigenvalue weighted by atomic mass is 32.2. The second kappa shape index (κ2) is 25.0. The van der Waals surface area contributed by atoms with Crippen LogP contribution in [-0.4, -0.2) is 65.3 Å². The average molecular weight is 957 g/mol. The van der Waals surface area contributed by atoms with Gasteiger partial charge < -0.3 is 15.5 Å². The number of fused-ring (bicyclic) bond motifs is 2. The number of hydrogen-bond acceptors (Lipinski definition) is 5. The zero-order valence-corrected chi connectivity index (χ0v) is 41.2. The molecule has 0 aliphatic carbocycles. The van der Waals surface area contributed by atoms with Crippen LogP contribution in [0.4, 0.5) is 0 Å². The van der Waals surface area contributed by atoms with Gasteiger partial charge in [-0.1, -0.05) is 170 Å². The molecule has 0 aromatic heterocycles. The molecule has 6 aromatic carbocycles. The van der Waals surface area contributed by atoms with Gasteiger partial charge in [-0.15, -0.1) is 0 Å². The molecule has 0 saturated carbocycles. The van der Waals surface area contributed by atoms with Crippen LogP contribution in [0, 0.1) is 0 Å². The van der Waals surface area contributed by atoms with E-state index < -0.39 is 33.8 Å². The molecule has 0 spiro atoms. The van der Waals surface area contributed by atoms with Crippen LogP contribution < -0.4 is 10.6 Å². The Labute approximate surface area is 415 Å². The minimum Gasteiger partial charge on any atom is -0.352 e. The summed E-state index contributed by atoms with van der Waals surface area (Å²) in [6, 6.07) is 54.4. The Morgan fingerprint density at radius 2 is 0.771 bits per heavy atom. The number of sulfonamides is 1. The minimum absolute atomic E-state index is 0.0308. The van der Waals surface area contributed by atoms with E-state index >= 15 is 0 Å². The Bertz CT molecular complexity index is 2630. The molecule has 8 rings (SSSR count). The molecular formula is C60H68N4O5S. The number of nitrogens with zero attached hydrogens (tertiary/aromatic N) is 2. The van der Waals surface area contributed by atoms with Crippen molar-refractivity contribution in [3.8, 4) is 0 Å². The number of amides is 3. The van der Waals surface area contributed by atoms with Gasteiger partial charge in [0.2, 0.25) is 27.7 Å². The van der Waals surface area contributed by atoms with E-state index in [0.29, 0.717) is 0 Å². The first kappa shape index (κ1) is 50.0. The molecule has 0 bridgehead atoms. The fourth-order valence-corrected chi connectivity index (χ4v) is 11.9. The number of benzene rings is 6. The number of aryl methyl sites for hydroxylation is 4. The summed E-state index contributed by atoms with van der Waals surface area (Å²) in [7, 11) is -4.39. The molecule has 3 amide bonds. The second-order valence-corrected chi connectivity index (χ2v) is 21.1. The standard InChI is InChI=1S/C60H68N4O5S/c65-58(63-43-52-35-15-13-33-50(52)41-56(63)59(66)61-54(37-17-29-46-21-5-1-6-22-46)38-18-30-47-23-7-2-8-24-47)45-70(68,69)64-44-53-36-16-14-34-51(53)42-57(64)60(67)62-55(39-19-31-48-25-9-3-10-26-48)40-20-32-49-27-11-4-12-28-49/h1-16,21-28,33-36,54-57H,17-20,29-32,37-45H2,(H,61,66)(H,62,67). The minimum atomic E-state index is -4.39. The van der Waals surface area contributed by atoms with Crippen molar-refractivity contribution in [1.29, 1.82) is 0 Å². The first-order valence-electron chi connectivity index (χ1n) is 25.4. The molecule has 0 fully saturated rings. The second-order valence-electron chi connectivity index (χ2n) is 19.2. The Balaban J connectivity index is 0.987. The van der Waals surface area contributed by atoms with Crippen LogP contribution in [0.3, 0.4) is 0 Å². The van der Waals surface area contributed by atoms with Crippen molar-refractivity contribution in [1.82, 2.24) is 19.8 Å². The van der Waals surface area contributed by atoms with Gasteiger partial charge in [0.25, 0.3) is 0 Å². The molecule has 2 heterocycles. The molecule has 6 aromatic rings. The largest absolute Gasteiger partial charge is 0.352 e. The highest BCUT2D eigenvalue weighted by Gasteiger charge is 2.43. The van der Waals surface area contributed by atoms with E-state index in [1.807, 2.05) is 121 Å². The number of rotatable bonds is 23. The Kier molecular flexibility index (Phi) is 17.8. The normalized spacial score (nSPS) is 15.8. The zero-order chi connectivity index (χ0) is 48.5. The topological polar surface area (TPSA) is 116 Å². The smallest absolute Gasteiger partial charge is 0.243 e.